The molecule has 0 bridgehead atoms. The van der Waals surface area contributed by atoms with Crippen LogP contribution in [0.1, 0.15) is 22.8 Å². The van der Waals surface area contributed by atoms with Gasteiger partial charge in [-0.3, -0.25) is 4.79 Å². The Morgan fingerprint density at radius 2 is 2.06 bits per heavy atom. The quantitative estimate of drug-likeness (QED) is 0.745. The van der Waals surface area contributed by atoms with Gasteiger partial charge in [-0.15, -0.1) is 0 Å². The second-order valence-corrected chi connectivity index (χ2v) is 3.91. The Balaban J connectivity index is 2.81. The first kappa shape index (κ1) is 14.2. The van der Waals surface area contributed by atoms with E-state index in [0.717, 1.165) is 5.56 Å². The summed E-state index contributed by atoms with van der Waals surface area (Å²) >= 11 is 0. The summed E-state index contributed by atoms with van der Waals surface area (Å²) in [6, 6.07) is 6.52. The van der Waals surface area contributed by atoms with Crippen LogP contribution in [-0.4, -0.2) is 31.6 Å². The Hall–Kier alpha value is -1.88. The van der Waals surface area contributed by atoms with Crippen LogP contribution in [0.25, 0.3) is 0 Å². The Labute approximate surface area is 106 Å². The number of carbonyl (C=O) groups is 2. The van der Waals surface area contributed by atoms with Crippen LogP contribution in [0.15, 0.2) is 24.3 Å². The third-order valence-electron chi connectivity index (χ3n) is 2.58. The van der Waals surface area contributed by atoms with Crippen molar-refractivity contribution in [2.45, 2.75) is 19.4 Å². The van der Waals surface area contributed by atoms with Crippen molar-refractivity contribution < 1.29 is 14.3 Å². The van der Waals surface area contributed by atoms with Gasteiger partial charge in [-0.05, 0) is 31.5 Å². The van der Waals surface area contributed by atoms with E-state index in [0.29, 0.717) is 18.5 Å². The fourth-order valence-electron chi connectivity index (χ4n) is 1.63. The smallest absolute Gasteiger partial charge is 0.328 e. The zero-order chi connectivity index (χ0) is 13.5. The fraction of sp³-hybridized carbons (Fsp3) is 0.385. The largest absolute Gasteiger partial charge is 0.467 e. The van der Waals surface area contributed by atoms with Crippen molar-refractivity contribution in [2.24, 2.45) is 5.73 Å². The molecule has 3 N–H and O–H groups in total. The third-order valence-corrected chi connectivity index (χ3v) is 2.58. The molecule has 98 valence electrons. The van der Waals surface area contributed by atoms with Crippen LogP contribution < -0.4 is 11.1 Å². The summed E-state index contributed by atoms with van der Waals surface area (Å²) in [5.74, 6) is -0.767. The first-order valence-corrected chi connectivity index (χ1v) is 5.76. The number of hydrogen-bond donors (Lipinski definition) is 2. The van der Waals surface area contributed by atoms with E-state index in [-0.39, 0.29) is 5.91 Å². The van der Waals surface area contributed by atoms with Crippen molar-refractivity contribution in [2.75, 3.05) is 13.7 Å². The van der Waals surface area contributed by atoms with E-state index in [9.17, 15) is 9.59 Å². The normalized spacial score (nSPS) is 11.7. The summed E-state index contributed by atoms with van der Waals surface area (Å²) in [6.07, 6.45) is 0.621. The summed E-state index contributed by atoms with van der Waals surface area (Å²) in [6.45, 7) is 2.05. The predicted octanol–water partition coefficient (Wildman–Crippen LogP) is 0.479. The number of esters is 1. The molecule has 1 atom stereocenters. The lowest BCUT2D eigenvalue weighted by molar-refractivity contribution is -0.142. The van der Waals surface area contributed by atoms with Crippen LogP contribution in [0.3, 0.4) is 0 Å². The van der Waals surface area contributed by atoms with Gasteiger partial charge in [0.25, 0.3) is 5.91 Å². The monoisotopic (exact) mass is 250 g/mol. The highest BCUT2D eigenvalue weighted by atomic mass is 16.5. The lowest BCUT2D eigenvalue weighted by Gasteiger charge is -2.13. The van der Waals surface area contributed by atoms with E-state index >= 15 is 0 Å². The number of nitrogens with two attached hydrogens (primary N) is 1. The van der Waals surface area contributed by atoms with Crippen molar-refractivity contribution in [3.8, 4) is 0 Å². The molecule has 0 spiro atoms. The van der Waals surface area contributed by atoms with E-state index in [4.69, 9.17) is 5.73 Å². The minimum absolute atomic E-state index is 0.294. The highest BCUT2D eigenvalue weighted by Crippen LogP contribution is 2.09. The number of ether oxygens (including phenoxy) is 1. The highest BCUT2D eigenvalue weighted by molar-refractivity contribution is 5.97. The van der Waals surface area contributed by atoms with Crippen LogP contribution in [0.2, 0.25) is 0 Å². The van der Waals surface area contributed by atoms with E-state index < -0.39 is 12.0 Å². The van der Waals surface area contributed by atoms with E-state index in [2.05, 4.69) is 10.1 Å². The van der Waals surface area contributed by atoms with Crippen LogP contribution in [0.5, 0.6) is 0 Å². The molecule has 0 saturated heterocycles. The number of nitrogens with one attached hydrogen (secondary N) is 1. The molecule has 0 fully saturated rings. The van der Waals surface area contributed by atoms with Crippen molar-refractivity contribution in [3.05, 3.63) is 35.4 Å². The summed E-state index contributed by atoms with van der Waals surface area (Å²) in [5, 5.41) is 2.59. The first-order chi connectivity index (χ1) is 8.60. The molecule has 1 unspecified atom stereocenters. The number of carbonyl (C=O) groups excluding carboxylic acids is 2. The standard InChI is InChI=1S/C13H18N2O3/c1-9(13(17)18-2)15-12(16)11-6-4-3-5-10(11)7-8-14/h3-6,9H,7-8,14H2,1-2H3,(H,15,16). The maximum atomic E-state index is 12.0. The fourth-order valence-corrected chi connectivity index (χ4v) is 1.63. The molecule has 0 aliphatic heterocycles. The van der Waals surface area contributed by atoms with E-state index in [1.165, 1.54) is 7.11 Å². The average Bonchev–Trinajstić information content (AvgIpc) is 2.38. The lowest BCUT2D eigenvalue weighted by atomic mass is 10.0. The maximum Gasteiger partial charge on any atom is 0.328 e. The van der Waals surface area contributed by atoms with Crippen molar-refractivity contribution >= 4 is 11.9 Å². The van der Waals surface area contributed by atoms with Crippen molar-refractivity contribution in [1.82, 2.24) is 5.32 Å². The van der Waals surface area contributed by atoms with Crippen molar-refractivity contribution in [3.63, 3.8) is 0 Å². The van der Waals surface area contributed by atoms with Gasteiger partial charge in [-0.25, -0.2) is 4.79 Å². The van der Waals surface area contributed by atoms with Crippen LogP contribution in [-0.2, 0) is 16.0 Å². The van der Waals surface area contributed by atoms with Crippen LogP contribution >= 0.6 is 0 Å². The summed E-state index contributed by atoms with van der Waals surface area (Å²) in [7, 11) is 1.29. The van der Waals surface area contributed by atoms with Crippen LogP contribution in [0, 0.1) is 0 Å². The number of rotatable bonds is 5. The number of hydrogen-bond acceptors (Lipinski definition) is 4. The molecular weight excluding hydrogens is 232 g/mol. The summed E-state index contributed by atoms with van der Waals surface area (Å²) < 4.78 is 4.55. The average molecular weight is 250 g/mol. The van der Waals surface area contributed by atoms with Gasteiger partial charge in [0.1, 0.15) is 6.04 Å². The first-order valence-electron chi connectivity index (χ1n) is 5.76. The minimum atomic E-state index is -0.673. The predicted molar refractivity (Wildman–Crippen MR) is 68.1 cm³/mol. The number of amides is 1. The SMILES string of the molecule is COC(=O)C(C)NC(=O)c1ccccc1CCN. The maximum absolute atomic E-state index is 12.0. The zero-order valence-electron chi connectivity index (χ0n) is 10.6. The van der Waals surface area contributed by atoms with Crippen molar-refractivity contribution in [1.29, 1.82) is 0 Å². The molecule has 18 heavy (non-hydrogen) atoms. The molecule has 1 amide bonds. The van der Waals surface area contributed by atoms with Gasteiger partial charge >= 0.3 is 5.97 Å². The molecule has 0 heterocycles. The Bertz CT molecular complexity index is 432. The molecule has 5 heteroatoms. The zero-order valence-corrected chi connectivity index (χ0v) is 10.6. The van der Waals surface area contributed by atoms with E-state index in [1.54, 1.807) is 19.1 Å². The molecule has 0 aromatic heterocycles. The third kappa shape index (κ3) is 3.56. The van der Waals surface area contributed by atoms with Gasteiger partial charge < -0.3 is 15.8 Å². The summed E-state index contributed by atoms with van der Waals surface area (Å²) in [4.78, 5) is 23.2. The topological polar surface area (TPSA) is 81.4 Å². The Kier molecular flexibility index (Phi) is 5.32. The van der Waals surface area contributed by atoms with Gasteiger partial charge in [0.15, 0.2) is 0 Å². The molecule has 1 aromatic carbocycles. The molecule has 1 aromatic rings. The number of benzene rings is 1. The molecule has 0 aliphatic rings. The molecule has 0 radical (unpaired) electrons. The summed E-state index contributed by atoms with van der Waals surface area (Å²) in [5.41, 5.74) is 6.91. The van der Waals surface area contributed by atoms with Gasteiger partial charge in [-0.2, -0.15) is 0 Å². The molecule has 0 saturated carbocycles. The van der Waals surface area contributed by atoms with Gasteiger partial charge in [0.05, 0.1) is 7.11 Å². The lowest BCUT2D eigenvalue weighted by Crippen LogP contribution is -2.39. The molecular formula is C13H18N2O3. The second-order valence-electron chi connectivity index (χ2n) is 3.91. The van der Waals surface area contributed by atoms with E-state index in [1.807, 2.05) is 12.1 Å². The van der Waals surface area contributed by atoms with Gasteiger partial charge in [0.2, 0.25) is 0 Å². The highest BCUT2D eigenvalue weighted by Gasteiger charge is 2.18. The van der Waals surface area contributed by atoms with Gasteiger partial charge in [-0.1, -0.05) is 18.2 Å². The Morgan fingerprint density at radius 1 is 1.39 bits per heavy atom. The second kappa shape index (κ2) is 6.76. The molecule has 0 aliphatic carbocycles. The molecule has 1 rings (SSSR count). The molecule has 5 nitrogen and oxygen atoms in total. The van der Waals surface area contributed by atoms with Crippen LogP contribution in [0.4, 0.5) is 0 Å². The Morgan fingerprint density at radius 3 is 2.67 bits per heavy atom. The van der Waals surface area contributed by atoms with Gasteiger partial charge in [0, 0.05) is 5.56 Å². The number of methoxy groups -OCH3 is 1. The minimum Gasteiger partial charge on any atom is -0.467 e.